The molecule has 0 aliphatic rings. The summed E-state index contributed by atoms with van der Waals surface area (Å²) >= 11 is 1.36. The van der Waals surface area contributed by atoms with Crippen LogP contribution in [0.25, 0.3) is 0 Å². The SMILES string of the molecule is CNC(=O)CCC(=O)c1cnc(C)s1. The van der Waals surface area contributed by atoms with E-state index >= 15 is 0 Å². The summed E-state index contributed by atoms with van der Waals surface area (Å²) in [5.41, 5.74) is 0. The first-order chi connectivity index (χ1) is 6.63. The predicted octanol–water partition coefficient (Wildman–Crippen LogP) is 1.16. The lowest BCUT2D eigenvalue weighted by molar-refractivity contribution is -0.120. The van der Waals surface area contributed by atoms with Crippen LogP contribution in [0.5, 0.6) is 0 Å². The Kier molecular flexibility index (Phi) is 3.76. The van der Waals surface area contributed by atoms with Gasteiger partial charge in [-0.2, -0.15) is 0 Å². The van der Waals surface area contributed by atoms with Crippen LogP contribution in [0.15, 0.2) is 6.20 Å². The van der Waals surface area contributed by atoms with Gasteiger partial charge in [-0.25, -0.2) is 4.98 Å². The summed E-state index contributed by atoms with van der Waals surface area (Å²) in [5.74, 6) is -0.126. The molecule has 0 atom stereocenters. The molecule has 1 amide bonds. The highest BCUT2D eigenvalue weighted by molar-refractivity contribution is 7.13. The topological polar surface area (TPSA) is 59.1 Å². The first-order valence-corrected chi connectivity index (χ1v) is 5.11. The molecule has 76 valence electrons. The molecule has 0 unspecified atom stereocenters. The van der Waals surface area contributed by atoms with E-state index in [0.717, 1.165) is 5.01 Å². The van der Waals surface area contributed by atoms with Gasteiger partial charge in [0.1, 0.15) is 0 Å². The number of aromatic nitrogens is 1. The minimum atomic E-state index is -0.111. The van der Waals surface area contributed by atoms with Crippen molar-refractivity contribution in [1.82, 2.24) is 10.3 Å². The number of rotatable bonds is 4. The van der Waals surface area contributed by atoms with Gasteiger partial charge in [0.25, 0.3) is 0 Å². The average molecular weight is 212 g/mol. The van der Waals surface area contributed by atoms with Crippen molar-refractivity contribution in [2.45, 2.75) is 19.8 Å². The summed E-state index contributed by atoms with van der Waals surface area (Å²) in [6, 6.07) is 0. The van der Waals surface area contributed by atoms with Crippen molar-refractivity contribution in [2.24, 2.45) is 0 Å². The van der Waals surface area contributed by atoms with Crippen molar-refractivity contribution >= 4 is 23.0 Å². The lowest BCUT2D eigenvalue weighted by Crippen LogP contribution is -2.18. The fourth-order valence-electron chi connectivity index (χ4n) is 0.966. The maximum Gasteiger partial charge on any atom is 0.220 e. The number of nitrogens with zero attached hydrogens (tertiary/aromatic N) is 1. The highest BCUT2D eigenvalue weighted by Crippen LogP contribution is 2.14. The zero-order chi connectivity index (χ0) is 10.6. The van der Waals surface area contributed by atoms with Gasteiger partial charge >= 0.3 is 0 Å². The fourth-order valence-corrected chi connectivity index (χ4v) is 1.71. The Morgan fingerprint density at radius 2 is 2.21 bits per heavy atom. The van der Waals surface area contributed by atoms with Crippen molar-refractivity contribution in [1.29, 1.82) is 0 Å². The van der Waals surface area contributed by atoms with Crippen LogP contribution < -0.4 is 5.32 Å². The fraction of sp³-hybridized carbons (Fsp3) is 0.444. The van der Waals surface area contributed by atoms with E-state index in [9.17, 15) is 9.59 Å². The molecule has 0 aliphatic heterocycles. The molecule has 0 radical (unpaired) electrons. The molecule has 0 saturated heterocycles. The van der Waals surface area contributed by atoms with Crippen LogP contribution in [0, 0.1) is 6.92 Å². The van der Waals surface area contributed by atoms with Crippen molar-refractivity contribution in [3.8, 4) is 0 Å². The van der Waals surface area contributed by atoms with E-state index in [-0.39, 0.29) is 24.5 Å². The highest BCUT2D eigenvalue weighted by atomic mass is 32.1. The Morgan fingerprint density at radius 3 is 2.71 bits per heavy atom. The van der Waals surface area contributed by atoms with Crippen LogP contribution in [0.1, 0.15) is 27.5 Å². The predicted molar refractivity (Wildman–Crippen MR) is 54.5 cm³/mol. The zero-order valence-electron chi connectivity index (χ0n) is 8.16. The number of Topliss-reactive ketones (excluding diaryl/α,β-unsaturated/α-hetero) is 1. The number of ketones is 1. The van der Waals surface area contributed by atoms with Gasteiger partial charge in [-0.15, -0.1) is 11.3 Å². The Labute approximate surface area is 86.4 Å². The van der Waals surface area contributed by atoms with Gasteiger partial charge in [0.15, 0.2) is 5.78 Å². The maximum absolute atomic E-state index is 11.5. The summed E-state index contributed by atoms with van der Waals surface area (Å²) in [4.78, 5) is 27.0. The minimum Gasteiger partial charge on any atom is -0.359 e. The van der Waals surface area contributed by atoms with Crippen molar-refractivity contribution in [3.05, 3.63) is 16.1 Å². The summed E-state index contributed by atoms with van der Waals surface area (Å²) in [6.45, 7) is 1.85. The van der Waals surface area contributed by atoms with Crippen LogP contribution in [0.4, 0.5) is 0 Å². The second kappa shape index (κ2) is 4.85. The third-order valence-corrected chi connectivity index (χ3v) is 2.71. The summed E-state index contributed by atoms with van der Waals surface area (Å²) in [5, 5.41) is 3.34. The first kappa shape index (κ1) is 10.8. The standard InChI is InChI=1S/C9H12N2O2S/c1-6-11-5-8(14-6)7(12)3-4-9(13)10-2/h5H,3-4H2,1-2H3,(H,10,13). The number of amides is 1. The van der Waals surface area contributed by atoms with Gasteiger partial charge in [0.05, 0.1) is 9.88 Å². The lowest BCUT2D eigenvalue weighted by Gasteiger charge is -1.96. The van der Waals surface area contributed by atoms with Crippen LogP contribution in [-0.2, 0) is 4.79 Å². The van der Waals surface area contributed by atoms with Crippen LogP contribution in [0.2, 0.25) is 0 Å². The van der Waals surface area contributed by atoms with Gasteiger partial charge in [-0.1, -0.05) is 0 Å². The molecule has 0 fully saturated rings. The molecule has 1 heterocycles. The minimum absolute atomic E-state index is 0.0146. The largest absolute Gasteiger partial charge is 0.359 e. The van der Waals surface area contributed by atoms with Crippen LogP contribution in [0.3, 0.4) is 0 Å². The molecule has 0 aromatic carbocycles. The van der Waals surface area contributed by atoms with Crippen molar-refractivity contribution in [3.63, 3.8) is 0 Å². The number of aryl methyl sites for hydroxylation is 1. The molecule has 0 aliphatic carbocycles. The Bertz CT molecular complexity index is 346. The summed E-state index contributed by atoms with van der Waals surface area (Å²) < 4.78 is 0. The normalized spacial score (nSPS) is 9.86. The van der Waals surface area contributed by atoms with E-state index in [1.54, 1.807) is 13.2 Å². The third kappa shape index (κ3) is 2.92. The van der Waals surface area contributed by atoms with Crippen molar-refractivity contribution in [2.75, 3.05) is 7.05 Å². The molecule has 1 aromatic heterocycles. The highest BCUT2D eigenvalue weighted by Gasteiger charge is 2.10. The van der Waals surface area contributed by atoms with Crippen LogP contribution >= 0.6 is 11.3 Å². The number of hydrogen-bond acceptors (Lipinski definition) is 4. The van der Waals surface area contributed by atoms with E-state index in [1.165, 1.54) is 11.3 Å². The molecule has 1 aromatic rings. The molecular formula is C9H12N2O2S. The van der Waals surface area contributed by atoms with Crippen molar-refractivity contribution < 1.29 is 9.59 Å². The first-order valence-electron chi connectivity index (χ1n) is 4.29. The molecular weight excluding hydrogens is 200 g/mol. The van der Waals surface area contributed by atoms with Crippen LogP contribution in [-0.4, -0.2) is 23.7 Å². The number of carbonyl (C=O) groups excluding carboxylic acids is 2. The van der Waals surface area contributed by atoms with E-state index in [1.807, 2.05) is 6.92 Å². The van der Waals surface area contributed by atoms with E-state index < -0.39 is 0 Å². The average Bonchev–Trinajstić information content (AvgIpc) is 2.60. The molecule has 14 heavy (non-hydrogen) atoms. The molecule has 1 N–H and O–H groups in total. The van der Waals surface area contributed by atoms with E-state index in [0.29, 0.717) is 4.88 Å². The number of thiazole rings is 1. The lowest BCUT2D eigenvalue weighted by atomic mass is 10.2. The molecule has 0 bridgehead atoms. The Balaban J connectivity index is 2.47. The number of carbonyl (C=O) groups is 2. The summed E-state index contributed by atoms with van der Waals surface area (Å²) in [7, 11) is 1.56. The van der Waals surface area contributed by atoms with E-state index in [2.05, 4.69) is 10.3 Å². The van der Waals surface area contributed by atoms with Gasteiger partial charge in [0, 0.05) is 26.1 Å². The smallest absolute Gasteiger partial charge is 0.220 e. The summed E-state index contributed by atoms with van der Waals surface area (Å²) in [6.07, 6.45) is 2.06. The quantitative estimate of drug-likeness (QED) is 0.762. The Hall–Kier alpha value is -1.23. The molecule has 4 nitrogen and oxygen atoms in total. The van der Waals surface area contributed by atoms with Gasteiger partial charge in [-0.05, 0) is 6.92 Å². The Morgan fingerprint density at radius 1 is 1.50 bits per heavy atom. The molecule has 1 rings (SSSR count). The second-order valence-corrected chi connectivity index (χ2v) is 4.07. The third-order valence-electron chi connectivity index (χ3n) is 1.75. The number of nitrogens with one attached hydrogen (secondary N) is 1. The zero-order valence-corrected chi connectivity index (χ0v) is 8.98. The van der Waals surface area contributed by atoms with Gasteiger partial charge in [-0.3, -0.25) is 9.59 Å². The van der Waals surface area contributed by atoms with Gasteiger partial charge in [0.2, 0.25) is 5.91 Å². The second-order valence-electron chi connectivity index (χ2n) is 2.84. The molecule has 5 heteroatoms. The number of hydrogen-bond donors (Lipinski definition) is 1. The van der Waals surface area contributed by atoms with E-state index in [4.69, 9.17) is 0 Å². The monoisotopic (exact) mass is 212 g/mol. The maximum atomic E-state index is 11.5. The molecule has 0 saturated carbocycles. The molecule has 0 spiro atoms. The van der Waals surface area contributed by atoms with Gasteiger partial charge < -0.3 is 5.32 Å².